The standard InChI is InChI=1S/C11H12ClN3/c12-11-6-14-15(8-11)7-10-3-1-9(5-13)2-4-10/h1-4,6,8H,5,7,13H2/p+1. The highest BCUT2D eigenvalue weighted by Gasteiger charge is 1.98. The third-order valence-corrected chi connectivity index (χ3v) is 2.45. The van der Waals surface area contributed by atoms with Crippen molar-refractivity contribution < 1.29 is 5.73 Å². The van der Waals surface area contributed by atoms with Gasteiger partial charge in [0.2, 0.25) is 0 Å². The van der Waals surface area contributed by atoms with Crippen molar-refractivity contribution >= 4 is 11.6 Å². The molecule has 15 heavy (non-hydrogen) atoms. The fourth-order valence-corrected chi connectivity index (χ4v) is 1.58. The summed E-state index contributed by atoms with van der Waals surface area (Å²) >= 11 is 5.78. The van der Waals surface area contributed by atoms with Crippen LogP contribution in [0, 0.1) is 0 Å². The summed E-state index contributed by atoms with van der Waals surface area (Å²) in [6, 6.07) is 8.37. The lowest BCUT2D eigenvalue weighted by atomic mass is 10.1. The molecular weight excluding hydrogens is 210 g/mol. The Morgan fingerprint density at radius 2 is 1.87 bits per heavy atom. The van der Waals surface area contributed by atoms with E-state index in [1.165, 1.54) is 11.1 Å². The second kappa shape index (κ2) is 4.47. The summed E-state index contributed by atoms with van der Waals surface area (Å²) in [5, 5.41) is 4.80. The van der Waals surface area contributed by atoms with Crippen LogP contribution in [0.25, 0.3) is 0 Å². The Balaban J connectivity index is 2.11. The van der Waals surface area contributed by atoms with E-state index in [9.17, 15) is 0 Å². The highest BCUT2D eigenvalue weighted by molar-refractivity contribution is 6.30. The molecule has 0 aliphatic rings. The lowest BCUT2D eigenvalue weighted by molar-refractivity contribution is -0.386. The Bertz CT molecular complexity index is 433. The van der Waals surface area contributed by atoms with Gasteiger partial charge in [0.1, 0.15) is 0 Å². The number of halogens is 1. The Labute approximate surface area is 93.5 Å². The van der Waals surface area contributed by atoms with Crippen molar-refractivity contribution in [3.63, 3.8) is 0 Å². The molecule has 2 rings (SSSR count). The van der Waals surface area contributed by atoms with Crippen LogP contribution in [0.4, 0.5) is 0 Å². The van der Waals surface area contributed by atoms with Crippen LogP contribution in [-0.2, 0) is 13.1 Å². The summed E-state index contributed by atoms with van der Waals surface area (Å²) in [5.41, 5.74) is 6.30. The molecule has 3 N–H and O–H groups in total. The zero-order valence-electron chi connectivity index (χ0n) is 8.36. The van der Waals surface area contributed by atoms with E-state index in [2.05, 4.69) is 35.1 Å². The van der Waals surface area contributed by atoms with Gasteiger partial charge in [-0.15, -0.1) is 0 Å². The molecular formula is C11H13ClN3+. The average Bonchev–Trinajstić information content (AvgIpc) is 2.65. The Morgan fingerprint density at radius 3 is 2.40 bits per heavy atom. The topological polar surface area (TPSA) is 45.5 Å². The van der Waals surface area contributed by atoms with Gasteiger partial charge in [0.25, 0.3) is 0 Å². The van der Waals surface area contributed by atoms with Crippen molar-refractivity contribution in [2.45, 2.75) is 13.1 Å². The van der Waals surface area contributed by atoms with Crippen LogP contribution in [0.5, 0.6) is 0 Å². The van der Waals surface area contributed by atoms with E-state index in [0.29, 0.717) is 5.02 Å². The van der Waals surface area contributed by atoms with Gasteiger partial charge in [0.15, 0.2) is 0 Å². The van der Waals surface area contributed by atoms with Crippen molar-refractivity contribution in [2.24, 2.45) is 0 Å². The first-order chi connectivity index (χ1) is 7.28. The second-order valence-electron chi connectivity index (χ2n) is 3.42. The number of aromatic nitrogens is 2. The fraction of sp³-hybridized carbons (Fsp3) is 0.182. The highest BCUT2D eigenvalue weighted by Crippen LogP contribution is 2.08. The SMILES string of the molecule is [NH3+]Cc1ccc(Cn2cc(Cl)cn2)cc1. The largest absolute Gasteiger partial charge is 0.354 e. The minimum Gasteiger partial charge on any atom is -0.354 e. The molecule has 0 amide bonds. The van der Waals surface area contributed by atoms with Gasteiger partial charge in [-0.05, 0) is 5.56 Å². The molecule has 0 aliphatic heterocycles. The van der Waals surface area contributed by atoms with Crippen molar-refractivity contribution in [2.75, 3.05) is 0 Å². The molecule has 78 valence electrons. The first-order valence-corrected chi connectivity index (χ1v) is 5.21. The number of benzene rings is 1. The molecule has 4 heteroatoms. The predicted octanol–water partition coefficient (Wildman–Crippen LogP) is 1.33. The third kappa shape index (κ3) is 2.58. The summed E-state index contributed by atoms with van der Waals surface area (Å²) in [6.45, 7) is 1.58. The van der Waals surface area contributed by atoms with Gasteiger partial charge in [-0.25, -0.2) is 0 Å². The van der Waals surface area contributed by atoms with E-state index < -0.39 is 0 Å². The first-order valence-electron chi connectivity index (χ1n) is 4.83. The van der Waals surface area contributed by atoms with Crippen LogP contribution < -0.4 is 5.73 Å². The highest BCUT2D eigenvalue weighted by atomic mass is 35.5. The monoisotopic (exact) mass is 222 g/mol. The van der Waals surface area contributed by atoms with Crippen LogP contribution in [0.3, 0.4) is 0 Å². The Morgan fingerprint density at radius 1 is 1.20 bits per heavy atom. The summed E-state index contributed by atoms with van der Waals surface area (Å²) in [7, 11) is 0. The van der Waals surface area contributed by atoms with Crippen molar-refractivity contribution in [3.8, 4) is 0 Å². The van der Waals surface area contributed by atoms with E-state index in [0.717, 1.165) is 13.1 Å². The van der Waals surface area contributed by atoms with Gasteiger partial charge in [0.05, 0.1) is 24.3 Å². The van der Waals surface area contributed by atoms with Crippen LogP contribution in [0.15, 0.2) is 36.7 Å². The van der Waals surface area contributed by atoms with E-state index in [4.69, 9.17) is 11.6 Å². The van der Waals surface area contributed by atoms with Crippen molar-refractivity contribution in [1.82, 2.24) is 9.78 Å². The molecule has 0 spiro atoms. The number of quaternary nitrogens is 1. The summed E-state index contributed by atoms with van der Waals surface area (Å²) in [4.78, 5) is 0. The normalized spacial score (nSPS) is 10.5. The van der Waals surface area contributed by atoms with E-state index >= 15 is 0 Å². The minimum atomic E-state index is 0.671. The zero-order chi connectivity index (χ0) is 10.7. The molecule has 1 aromatic carbocycles. The zero-order valence-corrected chi connectivity index (χ0v) is 9.11. The molecule has 0 radical (unpaired) electrons. The predicted molar refractivity (Wildman–Crippen MR) is 59.4 cm³/mol. The van der Waals surface area contributed by atoms with Gasteiger partial charge in [-0.1, -0.05) is 35.9 Å². The minimum absolute atomic E-state index is 0.671. The summed E-state index contributed by atoms with van der Waals surface area (Å²) in [5.74, 6) is 0. The van der Waals surface area contributed by atoms with Crippen LogP contribution in [0.1, 0.15) is 11.1 Å². The number of rotatable bonds is 3. The summed E-state index contributed by atoms with van der Waals surface area (Å²) < 4.78 is 1.82. The lowest BCUT2D eigenvalue weighted by Crippen LogP contribution is -2.47. The lowest BCUT2D eigenvalue weighted by Gasteiger charge is -2.02. The van der Waals surface area contributed by atoms with Gasteiger partial charge in [-0.3, -0.25) is 4.68 Å². The van der Waals surface area contributed by atoms with Gasteiger partial charge >= 0.3 is 0 Å². The molecule has 0 saturated carbocycles. The van der Waals surface area contributed by atoms with Crippen LogP contribution in [0.2, 0.25) is 5.02 Å². The van der Waals surface area contributed by atoms with E-state index in [1.54, 1.807) is 6.20 Å². The summed E-state index contributed by atoms with van der Waals surface area (Å²) in [6.07, 6.45) is 3.46. The van der Waals surface area contributed by atoms with Gasteiger partial charge in [-0.2, -0.15) is 5.10 Å². The molecule has 3 nitrogen and oxygen atoms in total. The van der Waals surface area contributed by atoms with E-state index in [1.807, 2.05) is 10.9 Å². The maximum Gasteiger partial charge on any atom is 0.0997 e. The molecule has 0 aliphatic carbocycles. The number of hydrogen-bond donors (Lipinski definition) is 1. The molecule has 1 aromatic heterocycles. The van der Waals surface area contributed by atoms with Crippen LogP contribution in [-0.4, -0.2) is 9.78 Å². The fourth-order valence-electron chi connectivity index (χ4n) is 1.42. The molecule has 2 aromatic rings. The Kier molecular flexibility index (Phi) is 3.04. The molecule has 0 atom stereocenters. The maximum atomic E-state index is 5.78. The molecule has 0 unspecified atom stereocenters. The average molecular weight is 223 g/mol. The van der Waals surface area contributed by atoms with Gasteiger partial charge < -0.3 is 5.73 Å². The van der Waals surface area contributed by atoms with Crippen molar-refractivity contribution in [3.05, 3.63) is 52.8 Å². The molecule has 0 saturated heterocycles. The number of nitrogens with zero attached hydrogens (tertiary/aromatic N) is 2. The molecule has 1 heterocycles. The molecule has 0 fully saturated rings. The Hall–Kier alpha value is -1.32. The van der Waals surface area contributed by atoms with Gasteiger partial charge in [0, 0.05) is 11.8 Å². The smallest absolute Gasteiger partial charge is 0.0997 e. The maximum absolute atomic E-state index is 5.78. The van der Waals surface area contributed by atoms with Crippen molar-refractivity contribution in [1.29, 1.82) is 0 Å². The third-order valence-electron chi connectivity index (χ3n) is 2.26. The number of hydrogen-bond acceptors (Lipinski definition) is 1. The first kappa shape index (κ1) is 10.2. The quantitative estimate of drug-likeness (QED) is 0.837. The second-order valence-corrected chi connectivity index (χ2v) is 3.86. The van der Waals surface area contributed by atoms with Crippen LogP contribution >= 0.6 is 11.6 Å². The molecule has 0 bridgehead atoms. The van der Waals surface area contributed by atoms with E-state index in [-0.39, 0.29) is 0 Å².